The molecule has 6 rings (SSSR count). The van der Waals surface area contributed by atoms with E-state index >= 15 is 0 Å². The molecule has 0 spiro atoms. The van der Waals surface area contributed by atoms with Crippen LogP contribution in [-0.2, 0) is 29.5 Å². The number of ether oxygens (including phenoxy) is 1. The number of imidazole rings is 2. The van der Waals surface area contributed by atoms with Gasteiger partial charge in [0.15, 0.2) is 17.0 Å². The number of nitrogens with zero attached hydrogens (tertiary/aromatic N) is 9. The van der Waals surface area contributed by atoms with Crippen molar-refractivity contribution < 1.29 is 9.53 Å². The van der Waals surface area contributed by atoms with Gasteiger partial charge in [-0.05, 0) is 26.0 Å². The number of aryl methyl sites for hydroxylation is 2. The quantitative estimate of drug-likeness (QED) is 0.310. The minimum atomic E-state index is -0.0467. The van der Waals surface area contributed by atoms with Crippen molar-refractivity contribution in [3.63, 3.8) is 0 Å². The highest BCUT2D eigenvalue weighted by Gasteiger charge is 2.34. The Kier molecular flexibility index (Phi) is 7.28. The van der Waals surface area contributed by atoms with Crippen LogP contribution < -0.4 is 4.90 Å². The zero-order chi connectivity index (χ0) is 27.9. The van der Waals surface area contributed by atoms with Gasteiger partial charge in [-0.3, -0.25) is 14.4 Å². The third-order valence-corrected chi connectivity index (χ3v) is 8.29. The molecule has 2 saturated heterocycles. The number of para-hydroxylation sites is 2. The first-order valence-electron chi connectivity index (χ1n) is 14.3. The summed E-state index contributed by atoms with van der Waals surface area (Å²) in [6.07, 6.45) is 2.36. The van der Waals surface area contributed by atoms with Gasteiger partial charge in [0.2, 0.25) is 5.95 Å². The van der Waals surface area contributed by atoms with E-state index < -0.39 is 0 Å². The van der Waals surface area contributed by atoms with Gasteiger partial charge in [0.05, 0.1) is 30.8 Å². The standard InChI is InChI=1S/C29H39N9O2/c1-5-23-30-21-9-6-7-10-22(21)38(23)28-32-26-25(27(33-28)36-14-17-40-18-15-36)31-24(34(26)4)19-37-13-12-35(11-8-16-39)20-29(37,2)3/h6-7,9-10,16H,5,8,11-15,17-20H2,1-4H3. The van der Waals surface area contributed by atoms with Crippen molar-refractivity contribution in [2.45, 2.75) is 45.7 Å². The van der Waals surface area contributed by atoms with Gasteiger partial charge in [-0.1, -0.05) is 19.1 Å². The second kappa shape index (κ2) is 10.9. The molecule has 0 unspecified atom stereocenters. The van der Waals surface area contributed by atoms with E-state index in [9.17, 15) is 4.79 Å². The lowest BCUT2D eigenvalue weighted by Gasteiger charge is -2.47. The van der Waals surface area contributed by atoms with Crippen LogP contribution in [0.2, 0.25) is 0 Å². The van der Waals surface area contributed by atoms with E-state index in [1.165, 1.54) is 0 Å². The summed E-state index contributed by atoms with van der Waals surface area (Å²) in [5, 5.41) is 0. The van der Waals surface area contributed by atoms with Gasteiger partial charge in [-0.15, -0.1) is 0 Å². The lowest BCUT2D eigenvalue weighted by atomic mass is 9.98. The highest BCUT2D eigenvalue weighted by Crippen LogP contribution is 2.30. The number of aromatic nitrogens is 6. The van der Waals surface area contributed by atoms with E-state index in [1.54, 1.807) is 0 Å². The second-order valence-corrected chi connectivity index (χ2v) is 11.4. The molecule has 1 aromatic carbocycles. The number of carbonyl (C=O) groups excluding carboxylic acids is 1. The van der Waals surface area contributed by atoms with Gasteiger partial charge in [-0.2, -0.15) is 9.97 Å². The van der Waals surface area contributed by atoms with E-state index in [1.807, 2.05) is 18.2 Å². The van der Waals surface area contributed by atoms with Gasteiger partial charge in [0, 0.05) is 64.7 Å². The third-order valence-electron chi connectivity index (χ3n) is 8.29. The Morgan fingerprint density at radius 3 is 2.55 bits per heavy atom. The third kappa shape index (κ3) is 4.86. The first-order valence-corrected chi connectivity index (χ1v) is 14.3. The highest BCUT2D eigenvalue weighted by atomic mass is 16.5. The summed E-state index contributed by atoms with van der Waals surface area (Å²) in [4.78, 5) is 38.4. The summed E-state index contributed by atoms with van der Waals surface area (Å²) in [5.41, 5.74) is 3.55. The number of morpholine rings is 1. The fraction of sp³-hybridized carbons (Fsp3) is 0.552. The average molecular weight is 546 g/mol. The Hall–Kier alpha value is -3.41. The van der Waals surface area contributed by atoms with Crippen molar-refractivity contribution in [3.05, 3.63) is 35.9 Å². The maximum absolute atomic E-state index is 10.9. The summed E-state index contributed by atoms with van der Waals surface area (Å²) in [5.74, 6) is 3.38. The molecular weight excluding hydrogens is 506 g/mol. The zero-order valence-electron chi connectivity index (χ0n) is 24.0. The molecule has 2 aliphatic heterocycles. The van der Waals surface area contributed by atoms with Crippen molar-refractivity contribution >= 4 is 34.3 Å². The van der Waals surface area contributed by atoms with Crippen LogP contribution in [0.5, 0.6) is 0 Å². The largest absolute Gasteiger partial charge is 0.378 e. The monoisotopic (exact) mass is 545 g/mol. The van der Waals surface area contributed by atoms with E-state index in [4.69, 9.17) is 24.7 Å². The van der Waals surface area contributed by atoms with Crippen molar-refractivity contribution in [3.8, 4) is 5.95 Å². The van der Waals surface area contributed by atoms with Crippen LogP contribution in [0.3, 0.4) is 0 Å². The molecule has 0 amide bonds. The van der Waals surface area contributed by atoms with Crippen LogP contribution in [0.4, 0.5) is 5.82 Å². The first kappa shape index (κ1) is 26.8. The molecule has 2 fully saturated rings. The predicted molar refractivity (Wildman–Crippen MR) is 155 cm³/mol. The molecule has 3 aromatic heterocycles. The molecule has 11 heteroatoms. The molecule has 5 heterocycles. The lowest BCUT2D eigenvalue weighted by molar-refractivity contribution is -0.108. The summed E-state index contributed by atoms with van der Waals surface area (Å²) in [6.45, 7) is 13.8. The Morgan fingerprint density at radius 1 is 1.00 bits per heavy atom. The Labute approximate surface area is 234 Å². The van der Waals surface area contributed by atoms with Crippen molar-refractivity contribution in [1.82, 2.24) is 38.9 Å². The van der Waals surface area contributed by atoms with Crippen molar-refractivity contribution in [2.24, 2.45) is 7.05 Å². The summed E-state index contributed by atoms with van der Waals surface area (Å²) in [6, 6.07) is 8.16. The van der Waals surface area contributed by atoms with Gasteiger partial charge >= 0.3 is 0 Å². The van der Waals surface area contributed by atoms with Gasteiger partial charge in [0.25, 0.3) is 0 Å². The summed E-state index contributed by atoms with van der Waals surface area (Å²) in [7, 11) is 2.06. The van der Waals surface area contributed by atoms with Gasteiger partial charge in [0.1, 0.15) is 17.9 Å². The number of fused-ring (bicyclic) bond motifs is 2. The smallest absolute Gasteiger partial charge is 0.239 e. The molecule has 40 heavy (non-hydrogen) atoms. The molecule has 0 radical (unpaired) electrons. The van der Waals surface area contributed by atoms with Crippen molar-refractivity contribution in [1.29, 1.82) is 0 Å². The van der Waals surface area contributed by atoms with Crippen LogP contribution in [-0.4, -0.2) is 103 Å². The number of rotatable bonds is 8. The maximum atomic E-state index is 10.9. The molecule has 0 atom stereocenters. The molecule has 212 valence electrons. The number of aldehydes is 1. The number of piperazine rings is 1. The molecule has 0 bridgehead atoms. The average Bonchev–Trinajstić information content (AvgIpc) is 3.50. The molecule has 0 N–H and O–H groups in total. The Bertz CT molecular complexity index is 1520. The number of hydrogen-bond donors (Lipinski definition) is 0. The summed E-state index contributed by atoms with van der Waals surface area (Å²) < 4.78 is 9.88. The van der Waals surface area contributed by atoms with Gasteiger partial charge < -0.3 is 19.0 Å². The van der Waals surface area contributed by atoms with Gasteiger partial charge in [-0.25, -0.2) is 9.97 Å². The lowest BCUT2D eigenvalue weighted by Crippen LogP contribution is -2.59. The topological polar surface area (TPSA) is 97.4 Å². The number of hydrogen-bond acceptors (Lipinski definition) is 9. The predicted octanol–water partition coefficient (Wildman–Crippen LogP) is 2.59. The number of anilines is 1. The second-order valence-electron chi connectivity index (χ2n) is 11.4. The molecule has 4 aromatic rings. The number of carbonyl (C=O) groups is 1. The molecule has 2 aliphatic rings. The Morgan fingerprint density at radius 2 is 1.80 bits per heavy atom. The highest BCUT2D eigenvalue weighted by molar-refractivity contribution is 5.86. The normalized spacial score (nSPS) is 18.6. The van der Waals surface area contributed by atoms with E-state index in [-0.39, 0.29) is 5.54 Å². The van der Waals surface area contributed by atoms with Crippen LogP contribution in [0, 0.1) is 0 Å². The van der Waals surface area contributed by atoms with Crippen LogP contribution >= 0.6 is 0 Å². The Balaban J connectivity index is 1.42. The van der Waals surface area contributed by atoms with E-state index in [0.717, 1.165) is 91.6 Å². The molecule has 0 saturated carbocycles. The number of benzene rings is 1. The van der Waals surface area contributed by atoms with Crippen LogP contribution in [0.25, 0.3) is 28.1 Å². The fourth-order valence-electron chi connectivity index (χ4n) is 6.03. The maximum Gasteiger partial charge on any atom is 0.239 e. The zero-order valence-corrected chi connectivity index (χ0v) is 24.0. The SMILES string of the molecule is CCc1nc2ccccc2n1-c1nc(N2CCOCC2)c2nc(CN3CCN(CCC=O)CC3(C)C)n(C)c2n1. The molecular formula is C29H39N9O2. The van der Waals surface area contributed by atoms with Crippen molar-refractivity contribution in [2.75, 3.05) is 57.4 Å². The summed E-state index contributed by atoms with van der Waals surface area (Å²) >= 11 is 0. The first-order chi connectivity index (χ1) is 19.4. The molecule has 11 nitrogen and oxygen atoms in total. The minimum Gasteiger partial charge on any atom is -0.378 e. The van der Waals surface area contributed by atoms with Crippen LogP contribution in [0.15, 0.2) is 24.3 Å². The molecule has 0 aliphatic carbocycles. The van der Waals surface area contributed by atoms with E-state index in [0.29, 0.717) is 32.1 Å². The van der Waals surface area contributed by atoms with Crippen LogP contribution in [0.1, 0.15) is 38.8 Å². The van der Waals surface area contributed by atoms with E-state index in [2.05, 4.69) is 57.7 Å². The fourth-order valence-corrected chi connectivity index (χ4v) is 6.03. The minimum absolute atomic E-state index is 0.0467.